The maximum absolute atomic E-state index is 4.82. The number of aryl methyl sites for hydroxylation is 1. The van der Waals surface area contributed by atoms with Crippen molar-refractivity contribution >= 4 is 11.6 Å². The second kappa shape index (κ2) is 6.61. The van der Waals surface area contributed by atoms with Crippen molar-refractivity contribution in [2.45, 2.75) is 25.7 Å². The molecule has 1 aliphatic carbocycles. The van der Waals surface area contributed by atoms with Crippen molar-refractivity contribution in [1.82, 2.24) is 29.7 Å². The molecule has 1 aliphatic heterocycles. The van der Waals surface area contributed by atoms with E-state index in [1.165, 1.54) is 12.8 Å². The summed E-state index contributed by atoms with van der Waals surface area (Å²) in [6.07, 6.45) is 7.69. The van der Waals surface area contributed by atoms with E-state index in [-0.39, 0.29) is 0 Å². The summed E-state index contributed by atoms with van der Waals surface area (Å²) < 4.78 is 1.75. The van der Waals surface area contributed by atoms with Gasteiger partial charge in [0, 0.05) is 62.3 Å². The fourth-order valence-electron chi connectivity index (χ4n) is 3.46. The lowest BCUT2D eigenvalue weighted by Gasteiger charge is -2.36. The molecule has 5 rings (SSSR count). The molecule has 2 fully saturated rings. The van der Waals surface area contributed by atoms with Gasteiger partial charge in [0.15, 0.2) is 5.82 Å². The van der Waals surface area contributed by atoms with Gasteiger partial charge in [-0.1, -0.05) is 0 Å². The minimum absolute atomic E-state index is 0.576. The van der Waals surface area contributed by atoms with E-state index in [0.29, 0.717) is 5.92 Å². The maximum atomic E-state index is 4.82. The van der Waals surface area contributed by atoms with E-state index in [2.05, 4.69) is 42.8 Å². The summed E-state index contributed by atoms with van der Waals surface area (Å²) in [7, 11) is 0. The van der Waals surface area contributed by atoms with Crippen molar-refractivity contribution in [3.8, 4) is 5.82 Å². The summed E-state index contributed by atoms with van der Waals surface area (Å²) in [4.78, 5) is 22.9. The fraction of sp³-hybridized carbons (Fsp3) is 0.421. The van der Waals surface area contributed by atoms with E-state index in [1.54, 1.807) is 17.2 Å². The average molecular weight is 362 g/mol. The van der Waals surface area contributed by atoms with E-state index < -0.39 is 0 Å². The summed E-state index contributed by atoms with van der Waals surface area (Å²) >= 11 is 0. The van der Waals surface area contributed by atoms with Crippen LogP contribution in [0.2, 0.25) is 0 Å². The maximum Gasteiger partial charge on any atom is 0.158 e. The smallest absolute Gasteiger partial charge is 0.158 e. The van der Waals surface area contributed by atoms with Crippen molar-refractivity contribution in [3.05, 3.63) is 48.4 Å². The van der Waals surface area contributed by atoms with Crippen LogP contribution in [0.25, 0.3) is 5.82 Å². The van der Waals surface area contributed by atoms with Gasteiger partial charge in [-0.05, 0) is 25.8 Å². The lowest BCUT2D eigenvalue weighted by atomic mass is 10.2. The molecule has 8 heteroatoms. The molecule has 3 aromatic heterocycles. The first kappa shape index (κ1) is 16.2. The Kier molecular flexibility index (Phi) is 3.95. The first-order chi connectivity index (χ1) is 13.3. The molecule has 1 saturated carbocycles. The molecule has 0 unspecified atom stereocenters. The van der Waals surface area contributed by atoms with Gasteiger partial charge in [-0.15, -0.1) is 0 Å². The summed E-state index contributed by atoms with van der Waals surface area (Å²) in [6.45, 7) is 5.70. The number of nitrogens with zero attached hydrogens (tertiary/aromatic N) is 8. The number of hydrogen-bond donors (Lipinski definition) is 0. The van der Waals surface area contributed by atoms with Gasteiger partial charge in [0.2, 0.25) is 0 Å². The molecule has 0 spiro atoms. The molecule has 1 saturated heterocycles. The van der Waals surface area contributed by atoms with Gasteiger partial charge in [0.25, 0.3) is 0 Å². The van der Waals surface area contributed by atoms with Crippen LogP contribution in [0.3, 0.4) is 0 Å². The van der Waals surface area contributed by atoms with Crippen molar-refractivity contribution in [1.29, 1.82) is 0 Å². The average Bonchev–Trinajstić information content (AvgIpc) is 3.42. The number of hydrogen-bond acceptors (Lipinski definition) is 7. The predicted octanol–water partition coefficient (Wildman–Crippen LogP) is 1.96. The Morgan fingerprint density at radius 1 is 0.889 bits per heavy atom. The topological polar surface area (TPSA) is 75.9 Å². The molecule has 2 aliphatic rings. The van der Waals surface area contributed by atoms with Crippen LogP contribution >= 0.6 is 0 Å². The highest BCUT2D eigenvalue weighted by molar-refractivity contribution is 5.47. The predicted molar refractivity (Wildman–Crippen MR) is 102 cm³/mol. The van der Waals surface area contributed by atoms with Gasteiger partial charge in [0.05, 0.1) is 0 Å². The lowest BCUT2D eigenvalue weighted by Crippen LogP contribution is -2.47. The second-order valence-electron chi connectivity index (χ2n) is 7.16. The molecular formula is C19H22N8. The standard InChI is InChI=1S/C19H22N8/c1-14-11-18(24-19(23-14)15-3-4-15)26-9-7-25(8-10-26)16-12-17(21-13-20-16)27-6-2-5-22-27/h2,5-6,11-13,15H,3-4,7-10H2,1H3. The summed E-state index contributed by atoms with van der Waals surface area (Å²) in [5, 5.41) is 4.25. The Balaban J connectivity index is 1.30. The van der Waals surface area contributed by atoms with Gasteiger partial charge < -0.3 is 9.80 Å². The monoisotopic (exact) mass is 362 g/mol. The number of piperazine rings is 1. The Morgan fingerprint density at radius 2 is 1.63 bits per heavy atom. The van der Waals surface area contributed by atoms with Crippen LogP contribution in [0.4, 0.5) is 11.6 Å². The molecule has 0 N–H and O–H groups in total. The summed E-state index contributed by atoms with van der Waals surface area (Å²) in [5.41, 5.74) is 1.06. The highest BCUT2D eigenvalue weighted by atomic mass is 15.3. The van der Waals surface area contributed by atoms with Crippen molar-refractivity contribution in [3.63, 3.8) is 0 Å². The van der Waals surface area contributed by atoms with E-state index in [1.807, 2.05) is 18.3 Å². The Hall–Kier alpha value is -3.03. The van der Waals surface area contributed by atoms with Crippen LogP contribution in [-0.4, -0.2) is 55.9 Å². The third-order valence-electron chi connectivity index (χ3n) is 5.11. The highest BCUT2D eigenvalue weighted by Gasteiger charge is 2.28. The lowest BCUT2D eigenvalue weighted by molar-refractivity contribution is 0.637. The molecule has 27 heavy (non-hydrogen) atoms. The van der Waals surface area contributed by atoms with Crippen molar-refractivity contribution in [2.75, 3.05) is 36.0 Å². The molecule has 4 heterocycles. The van der Waals surface area contributed by atoms with Gasteiger partial charge in [-0.2, -0.15) is 5.10 Å². The first-order valence-corrected chi connectivity index (χ1v) is 9.44. The molecule has 8 nitrogen and oxygen atoms in total. The van der Waals surface area contributed by atoms with Crippen LogP contribution in [0.1, 0.15) is 30.3 Å². The highest BCUT2D eigenvalue weighted by Crippen LogP contribution is 2.38. The molecule has 3 aromatic rings. The quantitative estimate of drug-likeness (QED) is 0.702. The molecule has 0 atom stereocenters. The van der Waals surface area contributed by atoms with Gasteiger partial charge in [-0.3, -0.25) is 0 Å². The number of aromatic nitrogens is 6. The van der Waals surface area contributed by atoms with E-state index in [9.17, 15) is 0 Å². The van der Waals surface area contributed by atoms with Gasteiger partial charge >= 0.3 is 0 Å². The molecule has 0 bridgehead atoms. The molecule has 0 radical (unpaired) electrons. The van der Waals surface area contributed by atoms with Gasteiger partial charge in [-0.25, -0.2) is 24.6 Å². The van der Waals surface area contributed by atoms with E-state index in [0.717, 1.165) is 55.2 Å². The summed E-state index contributed by atoms with van der Waals surface area (Å²) in [5.74, 6) is 4.38. The Labute approximate surface area is 157 Å². The third kappa shape index (κ3) is 3.34. The normalized spacial score (nSPS) is 17.4. The second-order valence-corrected chi connectivity index (χ2v) is 7.16. The summed E-state index contributed by atoms with van der Waals surface area (Å²) in [6, 6.07) is 5.98. The Bertz CT molecular complexity index is 927. The van der Waals surface area contributed by atoms with Crippen LogP contribution in [0.5, 0.6) is 0 Å². The van der Waals surface area contributed by atoms with Crippen LogP contribution in [-0.2, 0) is 0 Å². The SMILES string of the molecule is Cc1cc(N2CCN(c3cc(-n4cccn4)ncn3)CC2)nc(C2CC2)n1. The zero-order valence-corrected chi connectivity index (χ0v) is 15.4. The largest absolute Gasteiger partial charge is 0.353 e. The molecule has 138 valence electrons. The Morgan fingerprint density at radius 3 is 2.33 bits per heavy atom. The number of rotatable bonds is 4. The zero-order valence-electron chi connectivity index (χ0n) is 15.4. The third-order valence-corrected chi connectivity index (χ3v) is 5.11. The number of anilines is 2. The molecule has 0 amide bonds. The van der Waals surface area contributed by atoms with Crippen LogP contribution in [0.15, 0.2) is 36.9 Å². The fourth-order valence-corrected chi connectivity index (χ4v) is 3.46. The minimum Gasteiger partial charge on any atom is -0.353 e. The first-order valence-electron chi connectivity index (χ1n) is 9.44. The van der Waals surface area contributed by atoms with Crippen LogP contribution < -0.4 is 9.80 Å². The van der Waals surface area contributed by atoms with Crippen LogP contribution in [0, 0.1) is 6.92 Å². The zero-order chi connectivity index (χ0) is 18.2. The van der Waals surface area contributed by atoms with E-state index in [4.69, 9.17) is 4.98 Å². The van der Waals surface area contributed by atoms with Crippen molar-refractivity contribution < 1.29 is 0 Å². The van der Waals surface area contributed by atoms with E-state index >= 15 is 0 Å². The van der Waals surface area contributed by atoms with Crippen molar-refractivity contribution in [2.24, 2.45) is 0 Å². The molecular weight excluding hydrogens is 340 g/mol. The molecule has 0 aromatic carbocycles. The van der Waals surface area contributed by atoms with Gasteiger partial charge in [0.1, 0.15) is 23.8 Å². The minimum atomic E-state index is 0.576.